The lowest BCUT2D eigenvalue weighted by Crippen LogP contribution is -2.32. The topological polar surface area (TPSA) is 94.4 Å². The molecule has 2 rings (SSSR count). The molecule has 1 aromatic heterocycles. The summed E-state index contributed by atoms with van der Waals surface area (Å²) in [7, 11) is 1.64. The number of amides is 1. The number of carbonyl (C=O) groups is 1. The molecule has 0 atom stereocenters. The van der Waals surface area contributed by atoms with E-state index in [1.165, 1.54) is 17.2 Å². The van der Waals surface area contributed by atoms with Gasteiger partial charge in [0.2, 0.25) is 0 Å². The number of hydrogen-bond acceptors (Lipinski definition) is 4. The Morgan fingerprint density at radius 2 is 2.33 bits per heavy atom. The summed E-state index contributed by atoms with van der Waals surface area (Å²) in [5, 5.41) is 10.8. The molecule has 7 nitrogen and oxygen atoms in total. The third-order valence-corrected chi connectivity index (χ3v) is 3.02. The van der Waals surface area contributed by atoms with Gasteiger partial charge in [-0.25, -0.2) is 0 Å². The second-order valence-electron chi connectivity index (χ2n) is 4.49. The number of rotatable bonds is 5. The fourth-order valence-electron chi connectivity index (χ4n) is 1.88. The Labute approximate surface area is 104 Å². The van der Waals surface area contributed by atoms with Crippen molar-refractivity contribution in [2.24, 2.45) is 5.73 Å². The monoisotopic (exact) mass is 252 g/mol. The van der Waals surface area contributed by atoms with Crippen LogP contribution in [0.1, 0.15) is 29.4 Å². The minimum absolute atomic E-state index is 0.0357. The first-order valence-electron chi connectivity index (χ1n) is 5.86. The normalized spacial score (nSPS) is 14.6. The molecule has 1 aliphatic rings. The predicted octanol–water partition coefficient (Wildman–Crippen LogP) is 0.762. The van der Waals surface area contributed by atoms with Gasteiger partial charge in [0.1, 0.15) is 5.69 Å². The summed E-state index contributed by atoms with van der Waals surface area (Å²) in [6.45, 7) is 0.803. The van der Waals surface area contributed by atoms with Gasteiger partial charge in [0, 0.05) is 32.2 Å². The molecule has 1 fully saturated rings. The van der Waals surface area contributed by atoms with Gasteiger partial charge in [-0.15, -0.1) is 0 Å². The van der Waals surface area contributed by atoms with Crippen molar-refractivity contribution < 1.29 is 9.72 Å². The van der Waals surface area contributed by atoms with Crippen LogP contribution in [0.2, 0.25) is 0 Å². The molecule has 18 heavy (non-hydrogen) atoms. The molecule has 1 aromatic rings. The summed E-state index contributed by atoms with van der Waals surface area (Å²) >= 11 is 0. The molecular formula is C11H16N4O3. The van der Waals surface area contributed by atoms with Gasteiger partial charge in [-0.05, 0) is 12.8 Å². The first-order valence-corrected chi connectivity index (χ1v) is 5.86. The Morgan fingerprint density at radius 3 is 2.83 bits per heavy atom. The van der Waals surface area contributed by atoms with Crippen molar-refractivity contribution in [1.82, 2.24) is 9.47 Å². The van der Waals surface area contributed by atoms with Crippen LogP contribution in [0, 0.1) is 10.1 Å². The van der Waals surface area contributed by atoms with Crippen LogP contribution >= 0.6 is 0 Å². The molecule has 1 heterocycles. The molecule has 0 aromatic carbocycles. The Kier molecular flexibility index (Phi) is 3.33. The maximum Gasteiger partial charge on any atom is 0.287 e. The molecule has 1 aliphatic carbocycles. The largest absolute Gasteiger partial charge is 0.339 e. The van der Waals surface area contributed by atoms with E-state index in [2.05, 4.69) is 0 Å². The Morgan fingerprint density at radius 1 is 1.67 bits per heavy atom. The van der Waals surface area contributed by atoms with Crippen molar-refractivity contribution >= 4 is 11.6 Å². The number of carbonyl (C=O) groups excluding carboxylic acids is 1. The minimum Gasteiger partial charge on any atom is -0.339 e. The molecule has 1 saturated carbocycles. The second-order valence-corrected chi connectivity index (χ2v) is 4.49. The van der Waals surface area contributed by atoms with E-state index < -0.39 is 4.92 Å². The molecule has 0 spiro atoms. The standard InChI is InChI=1S/C11H16N4O3/c1-13(5-4-12)11(16)10-6-9(15(17)18)7-14(10)8-2-3-8/h6-8H,2-5,12H2,1H3. The molecule has 0 unspecified atom stereocenters. The van der Waals surface area contributed by atoms with Crippen LogP contribution < -0.4 is 5.73 Å². The fourth-order valence-corrected chi connectivity index (χ4v) is 1.88. The van der Waals surface area contributed by atoms with Crippen molar-refractivity contribution in [3.63, 3.8) is 0 Å². The SMILES string of the molecule is CN(CCN)C(=O)c1cc([N+](=O)[O-])cn1C1CC1. The molecular weight excluding hydrogens is 236 g/mol. The average Bonchev–Trinajstić information content (AvgIpc) is 3.07. The molecule has 1 amide bonds. The van der Waals surface area contributed by atoms with E-state index in [4.69, 9.17) is 5.73 Å². The number of nitrogens with zero attached hydrogens (tertiary/aromatic N) is 3. The number of aromatic nitrogens is 1. The van der Waals surface area contributed by atoms with Crippen LogP contribution in [0.5, 0.6) is 0 Å². The Balaban J connectivity index is 2.30. The zero-order valence-corrected chi connectivity index (χ0v) is 10.2. The van der Waals surface area contributed by atoms with Crippen molar-refractivity contribution in [3.05, 3.63) is 28.1 Å². The minimum atomic E-state index is -0.474. The zero-order valence-electron chi connectivity index (χ0n) is 10.2. The first kappa shape index (κ1) is 12.6. The van der Waals surface area contributed by atoms with Gasteiger partial charge >= 0.3 is 0 Å². The van der Waals surface area contributed by atoms with Crippen LogP contribution in [0.4, 0.5) is 5.69 Å². The summed E-state index contributed by atoms with van der Waals surface area (Å²) in [4.78, 5) is 23.9. The van der Waals surface area contributed by atoms with Gasteiger partial charge in [0.05, 0.1) is 11.1 Å². The summed E-state index contributed by atoms with van der Waals surface area (Å²) in [6, 6.07) is 1.57. The van der Waals surface area contributed by atoms with Crippen LogP contribution in [0.3, 0.4) is 0 Å². The van der Waals surface area contributed by atoms with E-state index in [0.29, 0.717) is 18.8 Å². The Bertz CT molecular complexity index is 479. The lowest BCUT2D eigenvalue weighted by Gasteiger charge is -2.16. The predicted molar refractivity (Wildman–Crippen MR) is 65.4 cm³/mol. The fraction of sp³-hybridized carbons (Fsp3) is 0.545. The number of nitrogens with two attached hydrogens (primary N) is 1. The molecule has 0 radical (unpaired) electrons. The highest BCUT2D eigenvalue weighted by molar-refractivity contribution is 5.93. The molecule has 0 aliphatic heterocycles. The average molecular weight is 252 g/mol. The van der Waals surface area contributed by atoms with Gasteiger partial charge in [-0.1, -0.05) is 0 Å². The lowest BCUT2D eigenvalue weighted by atomic mass is 10.3. The maximum atomic E-state index is 12.2. The maximum absolute atomic E-state index is 12.2. The van der Waals surface area contributed by atoms with Crippen LogP contribution in [-0.2, 0) is 0 Å². The zero-order chi connectivity index (χ0) is 13.3. The van der Waals surface area contributed by atoms with Gasteiger partial charge < -0.3 is 15.2 Å². The van der Waals surface area contributed by atoms with Gasteiger partial charge in [0.25, 0.3) is 11.6 Å². The summed E-state index contributed by atoms with van der Waals surface area (Å²) in [5.74, 6) is -0.222. The molecule has 2 N–H and O–H groups in total. The van der Waals surface area contributed by atoms with Crippen molar-refractivity contribution in [2.75, 3.05) is 20.1 Å². The van der Waals surface area contributed by atoms with Gasteiger partial charge in [-0.2, -0.15) is 0 Å². The van der Waals surface area contributed by atoms with Crippen molar-refractivity contribution in [3.8, 4) is 0 Å². The molecule has 0 saturated heterocycles. The van der Waals surface area contributed by atoms with E-state index in [0.717, 1.165) is 12.8 Å². The van der Waals surface area contributed by atoms with Crippen LogP contribution in [0.15, 0.2) is 12.3 Å². The number of hydrogen-bond donors (Lipinski definition) is 1. The van der Waals surface area contributed by atoms with Gasteiger partial charge in [0.15, 0.2) is 0 Å². The van der Waals surface area contributed by atoms with E-state index in [9.17, 15) is 14.9 Å². The highest BCUT2D eigenvalue weighted by Gasteiger charge is 2.31. The lowest BCUT2D eigenvalue weighted by molar-refractivity contribution is -0.384. The first-order chi connectivity index (χ1) is 8.54. The van der Waals surface area contributed by atoms with Crippen LogP contribution in [0.25, 0.3) is 0 Å². The van der Waals surface area contributed by atoms with E-state index in [1.54, 1.807) is 11.6 Å². The van der Waals surface area contributed by atoms with E-state index in [-0.39, 0.29) is 17.6 Å². The summed E-state index contributed by atoms with van der Waals surface area (Å²) < 4.78 is 1.72. The third kappa shape index (κ3) is 2.35. The summed E-state index contributed by atoms with van der Waals surface area (Å²) in [5.41, 5.74) is 5.74. The molecule has 98 valence electrons. The Hall–Kier alpha value is -1.89. The number of likely N-dealkylation sites (N-methyl/N-ethyl adjacent to an activating group) is 1. The van der Waals surface area contributed by atoms with Crippen molar-refractivity contribution in [1.29, 1.82) is 0 Å². The summed E-state index contributed by atoms with van der Waals surface area (Å²) in [6.07, 6.45) is 3.38. The second kappa shape index (κ2) is 4.77. The third-order valence-electron chi connectivity index (χ3n) is 3.02. The van der Waals surface area contributed by atoms with Crippen LogP contribution in [-0.4, -0.2) is 40.4 Å². The molecule has 7 heteroatoms. The van der Waals surface area contributed by atoms with Crippen molar-refractivity contribution in [2.45, 2.75) is 18.9 Å². The van der Waals surface area contributed by atoms with E-state index >= 15 is 0 Å². The highest BCUT2D eigenvalue weighted by Crippen LogP contribution is 2.38. The van der Waals surface area contributed by atoms with E-state index in [1.807, 2.05) is 0 Å². The quantitative estimate of drug-likeness (QED) is 0.618. The highest BCUT2D eigenvalue weighted by atomic mass is 16.6. The van der Waals surface area contributed by atoms with Gasteiger partial charge in [-0.3, -0.25) is 14.9 Å². The smallest absolute Gasteiger partial charge is 0.287 e. The molecule has 0 bridgehead atoms. The number of nitro groups is 1.